The molecule has 1 aromatic heterocycles. The zero-order valence-corrected chi connectivity index (χ0v) is 12.0. The molecule has 0 bridgehead atoms. The summed E-state index contributed by atoms with van der Waals surface area (Å²) in [4.78, 5) is 1.25. The fraction of sp³-hybridized carbons (Fsp3) is 0.615. The molecule has 4 heteroatoms. The molecule has 0 fully saturated rings. The molecule has 0 aliphatic heterocycles. The van der Waals surface area contributed by atoms with E-state index in [-0.39, 0.29) is 0 Å². The third kappa shape index (κ3) is 6.72. The summed E-state index contributed by atoms with van der Waals surface area (Å²) in [6.45, 7) is 1.98. The van der Waals surface area contributed by atoms with E-state index in [2.05, 4.69) is 17.6 Å². The first kappa shape index (κ1) is 14.6. The molecule has 2 nitrogen and oxygen atoms in total. The molecule has 0 aliphatic carbocycles. The second-order valence-corrected chi connectivity index (χ2v) is 5.98. The van der Waals surface area contributed by atoms with E-state index in [0.717, 1.165) is 18.7 Å². The van der Waals surface area contributed by atoms with Crippen molar-refractivity contribution in [2.75, 3.05) is 18.6 Å². The Hall–Kier alpha value is -0.500. The lowest BCUT2D eigenvalue weighted by Crippen LogP contribution is -2.13. The monoisotopic (exact) mass is 268 g/mol. The highest BCUT2D eigenvalue weighted by Crippen LogP contribution is 2.13. The van der Waals surface area contributed by atoms with E-state index in [1.807, 2.05) is 23.2 Å². The number of nitriles is 1. The van der Waals surface area contributed by atoms with Gasteiger partial charge >= 0.3 is 0 Å². The van der Waals surface area contributed by atoms with Crippen LogP contribution in [0.3, 0.4) is 0 Å². The van der Waals surface area contributed by atoms with Crippen molar-refractivity contribution in [3.05, 3.63) is 21.9 Å². The van der Waals surface area contributed by atoms with Crippen LogP contribution in [0, 0.1) is 11.3 Å². The van der Waals surface area contributed by atoms with Crippen LogP contribution in [0.25, 0.3) is 0 Å². The van der Waals surface area contributed by atoms with E-state index in [0.29, 0.717) is 0 Å². The summed E-state index contributed by atoms with van der Waals surface area (Å²) in [6.07, 6.45) is 7.43. The van der Waals surface area contributed by atoms with Gasteiger partial charge in [0.05, 0.1) is 5.56 Å². The molecule has 1 rings (SSSR count). The average molecular weight is 268 g/mol. The first-order valence-electron chi connectivity index (χ1n) is 6.04. The zero-order valence-electron chi connectivity index (χ0n) is 10.4. The first-order valence-corrected chi connectivity index (χ1v) is 8.31. The molecule has 0 amide bonds. The number of nitrogens with one attached hydrogen (secondary N) is 1. The third-order valence-electron chi connectivity index (χ3n) is 2.53. The fourth-order valence-electron chi connectivity index (χ4n) is 1.59. The average Bonchev–Trinajstić information content (AvgIpc) is 2.80. The van der Waals surface area contributed by atoms with Gasteiger partial charge < -0.3 is 5.32 Å². The van der Waals surface area contributed by atoms with Gasteiger partial charge in [0.2, 0.25) is 0 Å². The van der Waals surface area contributed by atoms with Crippen molar-refractivity contribution in [1.82, 2.24) is 5.32 Å². The lowest BCUT2D eigenvalue weighted by molar-refractivity contribution is 0.602. The largest absolute Gasteiger partial charge is 0.312 e. The lowest BCUT2D eigenvalue weighted by Gasteiger charge is -2.02. The van der Waals surface area contributed by atoms with Crippen molar-refractivity contribution < 1.29 is 0 Å². The van der Waals surface area contributed by atoms with Crippen LogP contribution in [0.1, 0.15) is 36.1 Å². The Bertz CT molecular complexity index is 341. The van der Waals surface area contributed by atoms with E-state index in [9.17, 15) is 0 Å². The molecule has 94 valence electrons. The Labute approximate surface area is 112 Å². The molecule has 0 atom stereocenters. The van der Waals surface area contributed by atoms with Gasteiger partial charge in [-0.1, -0.05) is 12.8 Å². The molecule has 0 radical (unpaired) electrons. The number of hydrogen-bond acceptors (Lipinski definition) is 4. The van der Waals surface area contributed by atoms with Crippen molar-refractivity contribution >= 4 is 23.1 Å². The summed E-state index contributed by atoms with van der Waals surface area (Å²) in [5.74, 6) is 1.29. The summed E-state index contributed by atoms with van der Waals surface area (Å²) >= 11 is 3.59. The van der Waals surface area contributed by atoms with Gasteiger partial charge in [0.15, 0.2) is 0 Å². The highest BCUT2D eigenvalue weighted by molar-refractivity contribution is 7.98. The Kier molecular flexibility index (Phi) is 8.16. The van der Waals surface area contributed by atoms with Crippen molar-refractivity contribution in [3.8, 4) is 6.07 Å². The Morgan fingerprint density at radius 3 is 2.88 bits per heavy atom. The maximum atomic E-state index is 8.70. The summed E-state index contributed by atoms with van der Waals surface area (Å²) in [5, 5.41) is 14.0. The topological polar surface area (TPSA) is 35.8 Å². The summed E-state index contributed by atoms with van der Waals surface area (Å²) in [6, 6.07) is 4.13. The minimum Gasteiger partial charge on any atom is -0.312 e. The molecule has 0 saturated carbocycles. The second kappa shape index (κ2) is 9.52. The molecule has 1 N–H and O–H groups in total. The van der Waals surface area contributed by atoms with Gasteiger partial charge in [0.25, 0.3) is 0 Å². The van der Waals surface area contributed by atoms with Crippen molar-refractivity contribution in [2.24, 2.45) is 0 Å². The minimum atomic E-state index is 0.781. The number of rotatable bonds is 9. The predicted octanol–water partition coefficient (Wildman–Crippen LogP) is 3.63. The van der Waals surface area contributed by atoms with Gasteiger partial charge in [-0.3, -0.25) is 0 Å². The summed E-state index contributed by atoms with van der Waals surface area (Å²) < 4.78 is 0. The molecular formula is C13H20N2S2. The summed E-state index contributed by atoms with van der Waals surface area (Å²) in [5.41, 5.74) is 0.781. The number of thiophene rings is 1. The van der Waals surface area contributed by atoms with E-state index < -0.39 is 0 Å². The molecule has 0 saturated heterocycles. The normalized spacial score (nSPS) is 10.4. The number of hydrogen-bond donors (Lipinski definition) is 1. The van der Waals surface area contributed by atoms with Gasteiger partial charge in [0, 0.05) is 16.8 Å². The summed E-state index contributed by atoms with van der Waals surface area (Å²) in [7, 11) is 0. The Morgan fingerprint density at radius 1 is 1.35 bits per heavy atom. The van der Waals surface area contributed by atoms with Crippen LogP contribution < -0.4 is 5.32 Å². The van der Waals surface area contributed by atoms with E-state index in [1.165, 1.54) is 36.3 Å². The van der Waals surface area contributed by atoms with Gasteiger partial charge in [0.1, 0.15) is 6.07 Å². The SMILES string of the molecule is CSCCCCCCNCc1cc(C#N)cs1. The maximum Gasteiger partial charge on any atom is 0.100 e. The second-order valence-electron chi connectivity index (χ2n) is 4.00. The maximum absolute atomic E-state index is 8.70. The van der Waals surface area contributed by atoms with Crippen LogP contribution in [0.15, 0.2) is 11.4 Å². The molecule has 1 aromatic rings. The van der Waals surface area contributed by atoms with Gasteiger partial charge in [-0.2, -0.15) is 17.0 Å². The van der Waals surface area contributed by atoms with Crippen molar-refractivity contribution in [2.45, 2.75) is 32.2 Å². The molecular weight excluding hydrogens is 248 g/mol. The smallest absolute Gasteiger partial charge is 0.100 e. The Morgan fingerprint density at radius 2 is 2.18 bits per heavy atom. The van der Waals surface area contributed by atoms with E-state index >= 15 is 0 Å². The van der Waals surface area contributed by atoms with Crippen LogP contribution in [0.5, 0.6) is 0 Å². The van der Waals surface area contributed by atoms with Crippen LogP contribution >= 0.6 is 23.1 Å². The minimum absolute atomic E-state index is 0.781. The first-order chi connectivity index (χ1) is 8.36. The molecule has 0 aliphatic rings. The van der Waals surface area contributed by atoms with E-state index in [1.54, 1.807) is 11.3 Å². The van der Waals surface area contributed by atoms with E-state index in [4.69, 9.17) is 5.26 Å². The van der Waals surface area contributed by atoms with Crippen LogP contribution in [0.2, 0.25) is 0 Å². The highest BCUT2D eigenvalue weighted by atomic mass is 32.2. The number of thioether (sulfide) groups is 1. The van der Waals surface area contributed by atoms with Crippen LogP contribution in [0.4, 0.5) is 0 Å². The third-order valence-corrected chi connectivity index (χ3v) is 4.17. The van der Waals surface area contributed by atoms with Gasteiger partial charge in [-0.15, -0.1) is 11.3 Å². The number of nitrogens with zero attached hydrogens (tertiary/aromatic N) is 1. The molecule has 0 unspecified atom stereocenters. The van der Waals surface area contributed by atoms with Crippen molar-refractivity contribution in [3.63, 3.8) is 0 Å². The predicted molar refractivity (Wildman–Crippen MR) is 77.6 cm³/mol. The van der Waals surface area contributed by atoms with Crippen LogP contribution in [-0.2, 0) is 6.54 Å². The zero-order chi connectivity index (χ0) is 12.3. The van der Waals surface area contributed by atoms with Crippen molar-refractivity contribution in [1.29, 1.82) is 5.26 Å². The number of unbranched alkanes of at least 4 members (excludes halogenated alkanes) is 3. The standard InChI is InChI=1S/C13H20N2S2/c1-16-7-5-3-2-4-6-15-10-13-8-12(9-14)11-17-13/h8,11,15H,2-7,10H2,1H3. The molecule has 17 heavy (non-hydrogen) atoms. The Balaban J connectivity index is 1.95. The molecule has 1 heterocycles. The molecule has 0 aromatic carbocycles. The van der Waals surface area contributed by atoms with Crippen LogP contribution in [-0.4, -0.2) is 18.6 Å². The quantitative estimate of drug-likeness (QED) is 0.695. The lowest BCUT2D eigenvalue weighted by atomic mass is 10.2. The fourth-order valence-corrected chi connectivity index (χ4v) is 2.87. The van der Waals surface area contributed by atoms with Gasteiger partial charge in [-0.05, 0) is 37.5 Å². The highest BCUT2D eigenvalue weighted by Gasteiger charge is 1.98. The molecule has 0 spiro atoms. The van der Waals surface area contributed by atoms with Gasteiger partial charge in [-0.25, -0.2) is 0 Å².